The van der Waals surface area contributed by atoms with Crippen molar-refractivity contribution in [1.82, 2.24) is 0 Å². The Bertz CT molecular complexity index is 300. The Kier molecular flexibility index (Phi) is 3.83. The highest BCUT2D eigenvalue weighted by molar-refractivity contribution is 5.31. The largest absolute Gasteiger partial charge is 0.494 e. The summed E-state index contributed by atoms with van der Waals surface area (Å²) in [5.41, 5.74) is 5.91. The zero-order chi connectivity index (χ0) is 10.6. The Morgan fingerprint density at radius 1 is 1.50 bits per heavy atom. The molecule has 0 fully saturated rings. The van der Waals surface area contributed by atoms with Crippen molar-refractivity contribution in [1.29, 1.82) is 0 Å². The minimum atomic E-state index is -0.581. The van der Waals surface area contributed by atoms with Crippen LogP contribution in [0.4, 0.5) is 8.78 Å². The molecule has 0 aliphatic carbocycles. The second-order valence-corrected chi connectivity index (χ2v) is 2.98. The average Bonchev–Trinajstić information content (AvgIpc) is 2.20. The second-order valence-electron chi connectivity index (χ2n) is 2.98. The molecule has 0 radical (unpaired) electrons. The first kappa shape index (κ1) is 10.9. The Labute approximate surface area is 81.7 Å². The summed E-state index contributed by atoms with van der Waals surface area (Å²) < 4.78 is 30.4. The van der Waals surface area contributed by atoms with Crippen LogP contribution in [0.5, 0.6) is 5.75 Å². The molecule has 0 heterocycles. The molecule has 1 unspecified atom stereocenters. The van der Waals surface area contributed by atoms with Gasteiger partial charge in [-0.1, -0.05) is 6.07 Å². The lowest BCUT2D eigenvalue weighted by Crippen LogP contribution is -2.14. The van der Waals surface area contributed by atoms with E-state index in [2.05, 4.69) is 0 Å². The summed E-state index contributed by atoms with van der Waals surface area (Å²) in [6, 6.07) is 4.36. The van der Waals surface area contributed by atoms with Crippen molar-refractivity contribution < 1.29 is 13.5 Å². The van der Waals surface area contributed by atoms with Gasteiger partial charge in [-0.2, -0.15) is 0 Å². The van der Waals surface area contributed by atoms with Gasteiger partial charge >= 0.3 is 0 Å². The van der Waals surface area contributed by atoms with Crippen LogP contribution in [-0.2, 0) is 0 Å². The Morgan fingerprint density at radius 2 is 2.21 bits per heavy atom. The van der Waals surface area contributed by atoms with Gasteiger partial charge in [0.2, 0.25) is 0 Å². The number of ether oxygens (including phenoxy) is 1. The first-order chi connectivity index (χ1) is 6.72. The topological polar surface area (TPSA) is 35.2 Å². The van der Waals surface area contributed by atoms with Gasteiger partial charge in [0.25, 0.3) is 0 Å². The fourth-order valence-corrected chi connectivity index (χ4v) is 1.22. The van der Waals surface area contributed by atoms with Crippen molar-refractivity contribution in [3.8, 4) is 5.75 Å². The summed E-state index contributed by atoms with van der Waals surface area (Å²) in [5, 5.41) is 0. The molecule has 2 N–H and O–H groups in total. The summed E-state index contributed by atoms with van der Waals surface area (Å²) in [7, 11) is 1.38. The Balaban J connectivity index is 2.95. The predicted molar refractivity (Wildman–Crippen MR) is 50.7 cm³/mol. The Morgan fingerprint density at radius 3 is 2.64 bits per heavy atom. The molecule has 0 aromatic heterocycles. The third kappa shape index (κ3) is 2.20. The van der Waals surface area contributed by atoms with E-state index in [0.717, 1.165) is 0 Å². The monoisotopic (exact) mass is 201 g/mol. The van der Waals surface area contributed by atoms with Crippen molar-refractivity contribution in [2.45, 2.75) is 5.92 Å². The van der Waals surface area contributed by atoms with Crippen LogP contribution in [0, 0.1) is 5.82 Å². The minimum Gasteiger partial charge on any atom is -0.494 e. The number of methoxy groups -OCH3 is 1. The smallest absolute Gasteiger partial charge is 0.165 e. The molecule has 4 heteroatoms. The third-order valence-corrected chi connectivity index (χ3v) is 2.12. The molecule has 0 saturated carbocycles. The molecule has 0 saturated heterocycles. The molecule has 78 valence electrons. The molecule has 2 nitrogen and oxygen atoms in total. The van der Waals surface area contributed by atoms with Gasteiger partial charge in [0.15, 0.2) is 11.6 Å². The van der Waals surface area contributed by atoms with E-state index in [-0.39, 0.29) is 12.3 Å². The average molecular weight is 201 g/mol. The highest BCUT2D eigenvalue weighted by Gasteiger charge is 2.11. The third-order valence-electron chi connectivity index (χ3n) is 2.12. The summed E-state index contributed by atoms with van der Waals surface area (Å²) in [6.07, 6.45) is 0. The molecule has 1 rings (SSSR count). The lowest BCUT2D eigenvalue weighted by atomic mass is 10.0. The number of benzene rings is 1. The van der Waals surface area contributed by atoms with Gasteiger partial charge in [0.05, 0.1) is 13.8 Å². The summed E-state index contributed by atoms with van der Waals surface area (Å²) in [6.45, 7) is -0.412. The lowest BCUT2D eigenvalue weighted by Gasteiger charge is -2.11. The quantitative estimate of drug-likeness (QED) is 0.806. The number of nitrogens with two attached hydrogens (primary N) is 1. The number of hydrogen-bond acceptors (Lipinski definition) is 2. The van der Waals surface area contributed by atoms with Gasteiger partial charge in [0.1, 0.15) is 0 Å². The van der Waals surface area contributed by atoms with E-state index in [4.69, 9.17) is 10.5 Å². The van der Waals surface area contributed by atoms with Crippen LogP contribution in [0.2, 0.25) is 0 Å². The van der Waals surface area contributed by atoms with Crippen LogP contribution in [0.25, 0.3) is 0 Å². The molecule has 1 atom stereocenters. The van der Waals surface area contributed by atoms with E-state index in [9.17, 15) is 8.78 Å². The minimum absolute atomic E-state index is 0.156. The fraction of sp³-hybridized carbons (Fsp3) is 0.400. The molecule has 0 spiro atoms. The van der Waals surface area contributed by atoms with E-state index in [0.29, 0.717) is 5.56 Å². The van der Waals surface area contributed by atoms with Crippen LogP contribution in [0.3, 0.4) is 0 Å². The molecule has 0 bridgehead atoms. The van der Waals surface area contributed by atoms with Crippen molar-refractivity contribution in [2.75, 3.05) is 20.3 Å². The molecule has 0 aliphatic heterocycles. The molecule has 14 heavy (non-hydrogen) atoms. The maximum Gasteiger partial charge on any atom is 0.165 e. The van der Waals surface area contributed by atoms with Gasteiger partial charge in [0, 0.05) is 12.5 Å². The van der Waals surface area contributed by atoms with Crippen LogP contribution < -0.4 is 10.5 Å². The highest BCUT2D eigenvalue weighted by atomic mass is 19.1. The van der Waals surface area contributed by atoms with Crippen LogP contribution in [0.15, 0.2) is 18.2 Å². The van der Waals surface area contributed by atoms with E-state index in [1.165, 1.54) is 19.2 Å². The predicted octanol–water partition coefficient (Wildman–Crippen LogP) is 1.85. The first-order valence-corrected chi connectivity index (χ1v) is 4.32. The first-order valence-electron chi connectivity index (χ1n) is 4.32. The molecule has 1 aromatic rings. The van der Waals surface area contributed by atoms with E-state index < -0.39 is 18.4 Å². The number of halogens is 2. The summed E-state index contributed by atoms with van der Waals surface area (Å²) in [5.74, 6) is -0.768. The molecule has 0 amide bonds. The van der Waals surface area contributed by atoms with Crippen molar-refractivity contribution in [2.24, 2.45) is 5.73 Å². The second kappa shape index (κ2) is 4.91. The highest BCUT2D eigenvalue weighted by Crippen LogP contribution is 2.22. The lowest BCUT2D eigenvalue weighted by molar-refractivity contribution is 0.384. The van der Waals surface area contributed by atoms with E-state index >= 15 is 0 Å². The fourth-order valence-electron chi connectivity index (χ4n) is 1.22. The van der Waals surface area contributed by atoms with Crippen molar-refractivity contribution in [3.05, 3.63) is 29.6 Å². The number of alkyl halides is 1. The maximum absolute atomic E-state index is 13.2. The number of rotatable bonds is 4. The van der Waals surface area contributed by atoms with Gasteiger partial charge in [-0.25, -0.2) is 4.39 Å². The summed E-state index contributed by atoms with van der Waals surface area (Å²) in [4.78, 5) is 0. The van der Waals surface area contributed by atoms with E-state index in [1.54, 1.807) is 6.07 Å². The van der Waals surface area contributed by atoms with Gasteiger partial charge in [-0.15, -0.1) is 0 Å². The van der Waals surface area contributed by atoms with Crippen molar-refractivity contribution >= 4 is 0 Å². The zero-order valence-corrected chi connectivity index (χ0v) is 7.97. The standard InChI is InChI=1S/C10H13F2NO/c1-14-10-3-2-7(4-9(10)12)8(5-11)6-13/h2-4,8H,5-6,13H2,1H3. The van der Waals surface area contributed by atoms with Gasteiger partial charge in [-0.05, 0) is 17.7 Å². The molecular weight excluding hydrogens is 188 g/mol. The summed E-state index contributed by atoms with van der Waals surface area (Å²) >= 11 is 0. The maximum atomic E-state index is 13.2. The molecule has 0 aliphatic rings. The zero-order valence-electron chi connectivity index (χ0n) is 7.97. The Hall–Kier alpha value is -1.16. The normalized spacial score (nSPS) is 12.6. The van der Waals surface area contributed by atoms with Crippen LogP contribution in [0.1, 0.15) is 11.5 Å². The van der Waals surface area contributed by atoms with Gasteiger partial charge in [-0.3, -0.25) is 4.39 Å². The van der Waals surface area contributed by atoms with Gasteiger partial charge < -0.3 is 10.5 Å². The number of hydrogen-bond donors (Lipinski definition) is 1. The van der Waals surface area contributed by atoms with Crippen LogP contribution >= 0.6 is 0 Å². The molecule has 1 aromatic carbocycles. The van der Waals surface area contributed by atoms with Crippen LogP contribution in [-0.4, -0.2) is 20.3 Å². The SMILES string of the molecule is COc1ccc(C(CN)CF)cc1F. The van der Waals surface area contributed by atoms with Crippen molar-refractivity contribution in [3.63, 3.8) is 0 Å². The van der Waals surface area contributed by atoms with E-state index in [1.807, 2.05) is 0 Å². The molecular formula is C10H13F2NO.